The van der Waals surface area contributed by atoms with E-state index in [1.807, 2.05) is 49.4 Å². The summed E-state index contributed by atoms with van der Waals surface area (Å²) in [6.07, 6.45) is 9.84. The molecule has 0 aliphatic rings. The van der Waals surface area contributed by atoms with E-state index in [9.17, 15) is 0 Å². The molecule has 25 heavy (non-hydrogen) atoms. The summed E-state index contributed by atoms with van der Waals surface area (Å²) in [6.45, 7) is 2.05. The van der Waals surface area contributed by atoms with Crippen LogP contribution in [-0.4, -0.2) is 15.0 Å². The van der Waals surface area contributed by atoms with Crippen molar-refractivity contribution in [2.45, 2.75) is 6.92 Å². The van der Waals surface area contributed by atoms with Crippen LogP contribution < -0.4 is 0 Å². The molecule has 120 valence electrons. The highest BCUT2D eigenvalue weighted by molar-refractivity contribution is 6.04. The molecule has 0 aliphatic carbocycles. The smallest absolute Gasteiger partial charge is 0.115 e. The maximum absolute atomic E-state index is 4.79. The van der Waals surface area contributed by atoms with E-state index >= 15 is 0 Å². The van der Waals surface area contributed by atoms with Crippen molar-refractivity contribution in [3.05, 3.63) is 90.4 Å². The van der Waals surface area contributed by atoms with Gasteiger partial charge in [-0.2, -0.15) is 0 Å². The average Bonchev–Trinajstić information content (AvgIpc) is 2.69. The fraction of sp³-hybridized carbons (Fsp3) is 0.0455. The Hall–Kier alpha value is -3.33. The molecule has 4 aromatic rings. The van der Waals surface area contributed by atoms with Gasteiger partial charge in [-0.3, -0.25) is 9.97 Å². The standard InChI is InChI=1S/C22H17N3/c1-2-16(17-8-4-3-5-9-17)12-13-19-18-10-6-14-23-21(18)22-20(25-19)11-7-15-24-22/h2-15H,1H3/b13-12-,16-2+. The minimum Gasteiger partial charge on any atom is -0.254 e. The number of hydrogen-bond acceptors (Lipinski definition) is 3. The molecule has 0 aliphatic heterocycles. The van der Waals surface area contributed by atoms with Gasteiger partial charge in [-0.15, -0.1) is 0 Å². The van der Waals surface area contributed by atoms with Crippen molar-refractivity contribution in [3.63, 3.8) is 0 Å². The van der Waals surface area contributed by atoms with Crippen LogP contribution in [0.25, 0.3) is 33.6 Å². The fourth-order valence-corrected chi connectivity index (χ4v) is 2.95. The Labute approximate surface area is 146 Å². The summed E-state index contributed by atoms with van der Waals surface area (Å²) in [5.74, 6) is 0. The topological polar surface area (TPSA) is 38.7 Å². The molecule has 0 amide bonds. The summed E-state index contributed by atoms with van der Waals surface area (Å²) in [5, 5.41) is 1.01. The molecular formula is C22H17N3. The van der Waals surface area contributed by atoms with E-state index in [-0.39, 0.29) is 0 Å². The first-order chi connectivity index (χ1) is 12.4. The molecule has 0 unspecified atom stereocenters. The van der Waals surface area contributed by atoms with Crippen molar-refractivity contribution < 1.29 is 0 Å². The van der Waals surface area contributed by atoms with E-state index in [0.717, 1.165) is 33.2 Å². The van der Waals surface area contributed by atoms with Crippen LogP contribution in [0.5, 0.6) is 0 Å². The largest absolute Gasteiger partial charge is 0.254 e. The first kappa shape index (κ1) is 15.2. The van der Waals surface area contributed by atoms with Crippen molar-refractivity contribution >= 4 is 33.6 Å². The zero-order valence-corrected chi connectivity index (χ0v) is 13.9. The van der Waals surface area contributed by atoms with Crippen LogP contribution in [0.4, 0.5) is 0 Å². The summed E-state index contributed by atoms with van der Waals surface area (Å²) in [6, 6.07) is 18.2. The first-order valence-electron chi connectivity index (χ1n) is 8.26. The van der Waals surface area contributed by atoms with Crippen LogP contribution in [0.3, 0.4) is 0 Å². The summed E-state index contributed by atoms with van der Waals surface area (Å²) < 4.78 is 0. The van der Waals surface area contributed by atoms with Crippen LogP contribution >= 0.6 is 0 Å². The molecule has 3 heteroatoms. The fourth-order valence-electron chi connectivity index (χ4n) is 2.95. The van der Waals surface area contributed by atoms with Gasteiger partial charge in [0.05, 0.1) is 11.2 Å². The van der Waals surface area contributed by atoms with Crippen molar-refractivity contribution in [2.24, 2.45) is 0 Å². The van der Waals surface area contributed by atoms with Crippen LogP contribution in [0.15, 0.2) is 79.1 Å². The lowest BCUT2D eigenvalue weighted by Crippen LogP contribution is -1.92. The minimum atomic E-state index is 0.838. The quantitative estimate of drug-likeness (QED) is 0.379. The zero-order chi connectivity index (χ0) is 17.1. The van der Waals surface area contributed by atoms with E-state index in [2.05, 4.69) is 40.3 Å². The monoisotopic (exact) mass is 323 g/mol. The molecule has 1 aromatic carbocycles. The van der Waals surface area contributed by atoms with E-state index < -0.39 is 0 Å². The van der Waals surface area contributed by atoms with E-state index in [1.165, 1.54) is 5.56 Å². The zero-order valence-electron chi connectivity index (χ0n) is 13.9. The van der Waals surface area contributed by atoms with Crippen LogP contribution in [0, 0.1) is 0 Å². The number of fused-ring (bicyclic) bond motifs is 3. The third-order valence-electron chi connectivity index (χ3n) is 4.17. The van der Waals surface area contributed by atoms with E-state index in [4.69, 9.17) is 4.98 Å². The second-order valence-electron chi connectivity index (χ2n) is 5.71. The molecule has 0 bridgehead atoms. The molecule has 4 rings (SSSR count). The summed E-state index contributed by atoms with van der Waals surface area (Å²) >= 11 is 0. The van der Waals surface area contributed by atoms with E-state index in [1.54, 1.807) is 12.4 Å². The molecule has 0 fully saturated rings. The second kappa shape index (κ2) is 6.65. The highest BCUT2D eigenvalue weighted by Crippen LogP contribution is 2.25. The van der Waals surface area contributed by atoms with Crippen LogP contribution in [-0.2, 0) is 0 Å². The van der Waals surface area contributed by atoms with Gasteiger partial charge in [-0.1, -0.05) is 42.5 Å². The summed E-state index contributed by atoms with van der Waals surface area (Å²) in [7, 11) is 0. The number of aromatic nitrogens is 3. The van der Waals surface area contributed by atoms with Crippen LogP contribution in [0.2, 0.25) is 0 Å². The Kier molecular flexibility index (Phi) is 4.05. The second-order valence-corrected chi connectivity index (χ2v) is 5.71. The Morgan fingerprint density at radius 2 is 1.60 bits per heavy atom. The van der Waals surface area contributed by atoms with Gasteiger partial charge < -0.3 is 0 Å². The molecule has 3 heterocycles. The molecule has 3 aromatic heterocycles. The maximum Gasteiger partial charge on any atom is 0.115 e. The number of rotatable bonds is 3. The van der Waals surface area contributed by atoms with Crippen molar-refractivity contribution in [1.82, 2.24) is 15.0 Å². The van der Waals surface area contributed by atoms with Gasteiger partial charge in [0.25, 0.3) is 0 Å². The van der Waals surface area contributed by atoms with Gasteiger partial charge in [0.15, 0.2) is 0 Å². The maximum atomic E-state index is 4.79. The first-order valence-corrected chi connectivity index (χ1v) is 8.26. The molecular weight excluding hydrogens is 306 g/mol. The molecule has 0 spiro atoms. The van der Waals surface area contributed by atoms with Crippen LogP contribution in [0.1, 0.15) is 18.2 Å². The molecule has 3 nitrogen and oxygen atoms in total. The van der Waals surface area contributed by atoms with Gasteiger partial charge in [-0.05, 0) is 48.4 Å². The number of allylic oxidation sites excluding steroid dienone is 3. The van der Waals surface area contributed by atoms with Gasteiger partial charge in [0.2, 0.25) is 0 Å². The molecule has 0 radical (unpaired) electrons. The molecule has 0 saturated heterocycles. The Balaban J connectivity index is 1.86. The Morgan fingerprint density at radius 3 is 2.40 bits per heavy atom. The highest BCUT2D eigenvalue weighted by Gasteiger charge is 2.08. The van der Waals surface area contributed by atoms with Gasteiger partial charge in [0, 0.05) is 17.8 Å². The summed E-state index contributed by atoms with van der Waals surface area (Å²) in [4.78, 5) is 13.8. The molecule has 0 N–H and O–H groups in total. The number of pyridine rings is 3. The van der Waals surface area contributed by atoms with Gasteiger partial charge >= 0.3 is 0 Å². The highest BCUT2D eigenvalue weighted by atomic mass is 14.8. The number of hydrogen-bond donors (Lipinski definition) is 0. The third-order valence-corrected chi connectivity index (χ3v) is 4.17. The predicted octanol–water partition coefficient (Wildman–Crippen LogP) is 5.29. The minimum absolute atomic E-state index is 0.838. The van der Waals surface area contributed by atoms with Gasteiger partial charge in [0.1, 0.15) is 11.0 Å². The van der Waals surface area contributed by atoms with Crippen molar-refractivity contribution in [1.29, 1.82) is 0 Å². The van der Waals surface area contributed by atoms with E-state index in [0.29, 0.717) is 0 Å². The normalized spacial score (nSPS) is 12.3. The third kappa shape index (κ3) is 2.92. The molecule has 0 saturated carbocycles. The van der Waals surface area contributed by atoms with Gasteiger partial charge in [-0.25, -0.2) is 4.98 Å². The lowest BCUT2D eigenvalue weighted by atomic mass is 10.0. The lowest BCUT2D eigenvalue weighted by Gasteiger charge is -2.06. The molecule has 0 atom stereocenters. The summed E-state index contributed by atoms with van der Waals surface area (Å²) in [5.41, 5.74) is 5.82. The number of benzene rings is 1. The average molecular weight is 323 g/mol. The lowest BCUT2D eigenvalue weighted by molar-refractivity contribution is 1.31. The predicted molar refractivity (Wildman–Crippen MR) is 104 cm³/mol. The van der Waals surface area contributed by atoms with Crippen molar-refractivity contribution in [3.8, 4) is 0 Å². The Bertz CT molecular complexity index is 1100. The Morgan fingerprint density at radius 1 is 0.840 bits per heavy atom. The van der Waals surface area contributed by atoms with Crippen molar-refractivity contribution in [2.75, 3.05) is 0 Å². The number of nitrogens with zero attached hydrogens (tertiary/aromatic N) is 3. The SMILES string of the molecule is C/C=C(\C=C/c1nc2cccnc2c2ncccc12)c1ccccc1.